The van der Waals surface area contributed by atoms with E-state index in [0.717, 1.165) is 29.2 Å². The minimum atomic E-state index is -0.217. The quantitative estimate of drug-likeness (QED) is 0.247. The standard InChI is InChI=1S/C26H31N7O2S/c1-26(2)11-21(31-15-26)16-7-6-8-17(9-16)23(34)32-19-10-20(24(35-4)29-14-19)28-12-18-13-30-25(36-5)33-22(18)27-3/h6-11,13-14,28,31H,12,15H2,1-5H3,(H,32,34)(H,27,30,33). The molecule has 0 fully saturated rings. The Morgan fingerprint density at radius 3 is 2.75 bits per heavy atom. The number of aromatic nitrogens is 3. The molecule has 188 valence electrons. The van der Waals surface area contributed by atoms with Gasteiger partial charge in [-0.1, -0.05) is 43.8 Å². The van der Waals surface area contributed by atoms with E-state index in [9.17, 15) is 4.79 Å². The number of carbonyl (C=O) groups excluding carboxylic acids is 1. The number of anilines is 3. The fraction of sp³-hybridized carbons (Fsp3) is 0.308. The van der Waals surface area contributed by atoms with Crippen molar-refractivity contribution in [2.45, 2.75) is 25.5 Å². The third-order valence-corrected chi connectivity index (χ3v) is 6.30. The molecular weight excluding hydrogens is 474 g/mol. The lowest BCUT2D eigenvalue weighted by Crippen LogP contribution is -2.17. The maximum atomic E-state index is 13.0. The Balaban J connectivity index is 1.49. The number of rotatable bonds is 9. The fourth-order valence-corrected chi connectivity index (χ4v) is 4.21. The highest BCUT2D eigenvalue weighted by atomic mass is 32.2. The average molecular weight is 506 g/mol. The van der Waals surface area contributed by atoms with Crippen LogP contribution in [-0.2, 0) is 6.54 Å². The predicted molar refractivity (Wildman–Crippen MR) is 146 cm³/mol. The Bertz CT molecular complexity index is 1290. The smallest absolute Gasteiger partial charge is 0.255 e. The van der Waals surface area contributed by atoms with Gasteiger partial charge in [0.05, 0.1) is 24.7 Å². The van der Waals surface area contributed by atoms with Crippen LogP contribution in [0.5, 0.6) is 5.88 Å². The number of benzene rings is 1. The number of thioether (sulfide) groups is 1. The van der Waals surface area contributed by atoms with Crippen molar-refractivity contribution in [3.63, 3.8) is 0 Å². The van der Waals surface area contributed by atoms with E-state index in [1.54, 1.807) is 31.6 Å². The molecule has 0 saturated carbocycles. The topological polar surface area (TPSA) is 113 Å². The van der Waals surface area contributed by atoms with Gasteiger partial charge >= 0.3 is 0 Å². The average Bonchev–Trinajstić information content (AvgIpc) is 3.27. The fourth-order valence-electron chi connectivity index (χ4n) is 3.87. The summed E-state index contributed by atoms with van der Waals surface area (Å²) >= 11 is 1.48. The number of nitrogens with zero attached hydrogens (tertiary/aromatic N) is 3. The highest BCUT2D eigenvalue weighted by Gasteiger charge is 2.23. The lowest BCUT2D eigenvalue weighted by molar-refractivity contribution is 0.102. The molecule has 1 aromatic carbocycles. The molecule has 0 saturated heterocycles. The largest absolute Gasteiger partial charge is 0.480 e. The molecule has 4 rings (SSSR count). The summed E-state index contributed by atoms with van der Waals surface area (Å²) in [5.74, 6) is 0.948. The number of carbonyl (C=O) groups is 1. The van der Waals surface area contributed by atoms with Crippen LogP contribution in [0.4, 0.5) is 17.2 Å². The number of hydrogen-bond acceptors (Lipinski definition) is 9. The molecule has 4 N–H and O–H groups in total. The van der Waals surface area contributed by atoms with Crippen LogP contribution in [0.1, 0.15) is 35.3 Å². The van der Waals surface area contributed by atoms with Gasteiger partial charge in [0.15, 0.2) is 5.16 Å². The second-order valence-corrected chi connectivity index (χ2v) is 9.82. The van der Waals surface area contributed by atoms with Gasteiger partial charge in [0.2, 0.25) is 5.88 Å². The first-order valence-corrected chi connectivity index (χ1v) is 12.8. The molecule has 10 heteroatoms. The summed E-state index contributed by atoms with van der Waals surface area (Å²) in [6.45, 7) is 5.67. The summed E-state index contributed by atoms with van der Waals surface area (Å²) in [5, 5.41) is 13.5. The normalized spacial score (nSPS) is 14.0. The Labute approximate surface area is 215 Å². The van der Waals surface area contributed by atoms with Gasteiger partial charge in [-0.3, -0.25) is 4.79 Å². The summed E-state index contributed by atoms with van der Waals surface area (Å²) in [4.78, 5) is 26.2. The lowest BCUT2D eigenvalue weighted by atomic mass is 9.95. The number of ether oxygens (including phenoxy) is 1. The Morgan fingerprint density at radius 1 is 1.22 bits per heavy atom. The van der Waals surface area contributed by atoms with E-state index in [0.29, 0.717) is 34.5 Å². The number of hydrogen-bond donors (Lipinski definition) is 4. The van der Waals surface area contributed by atoms with Crippen LogP contribution in [0.25, 0.3) is 5.70 Å². The highest BCUT2D eigenvalue weighted by molar-refractivity contribution is 7.98. The molecule has 0 spiro atoms. The van der Waals surface area contributed by atoms with E-state index in [1.807, 2.05) is 31.5 Å². The van der Waals surface area contributed by atoms with Crippen molar-refractivity contribution in [3.05, 3.63) is 65.5 Å². The second-order valence-electron chi connectivity index (χ2n) is 9.05. The summed E-state index contributed by atoms with van der Waals surface area (Å²) < 4.78 is 5.41. The molecule has 0 atom stereocenters. The first-order valence-electron chi connectivity index (χ1n) is 11.6. The Kier molecular flexibility index (Phi) is 7.64. The molecule has 0 aliphatic carbocycles. The van der Waals surface area contributed by atoms with Gasteiger partial charge in [-0.15, -0.1) is 0 Å². The van der Waals surface area contributed by atoms with Crippen molar-refractivity contribution in [3.8, 4) is 5.88 Å². The van der Waals surface area contributed by atoms with Crippen LogP contribution in [0.3, 0.4) is 0 Å². The molecule has 36 heavy (non-hydrogen) atoms. The van der Waals surface area contributed by atoms with Crippen LogP contribution >= 0.6 is 11.8 Å². The molecule has 3 aromatic rings. The molecule has 0 unspecified atom stereocenters. The van der Waals surface area contributed by atoms with Gasteiger partial charge < -0.3 is 26.0 Å². The van der Waals surface area contributed by atoms with Gasteiger partial charge in [0, 0.05) is 48.6 Å². The molecule has 1 aliphatic rings. The number of methoxy groups -OCH3 is 1. The van der Waals surface area contributed by atoms with Crippen molar-refractivity contribution in [1.29, 1.82) is 0 Å². The first-order chi connectivity index (χ1) is 17.3. The second kappa shape index (κ2) is 10.9. The van der Waals surface area contributed by atoms with Crippen LogP contribution < -0.4 is 26.0 Å². The van der Waals surface area contributed by atoms with Crippen LogP contribution in [0, 0.1) is 5.41 Å². The zero-order chi connectivity index (χ0) is 25.7. The van der Waals surface area contributed by atoms with Crippen molar-refractivity contribution >= 4 is 40.6 Å². The van der Waals surface area contributed by atoms with Crippen molar-refractivity contribution < 1.29 is 9.53 Å². The minimum absolute atomic E-state index is 0.0862. The summed E-state index contributed by atoms with van der Waals surface area (Å²) in [6, 6.07) is 9.38. The molecule has 3 heterocycles. The van der Waals surface area contributed by atoms with Crippen molar-refractivity contribution in [1.82, 2.24) is 20.3 Å². The first kappa shape index (κ1) is 25.3. The molecule has 0 bridgehead atoms. The maximum Gasteiger partial charge on any atom is 0.255 e. The zero-order valence-electron chi connectivity index (χ0n) is 21.1. The summed E-state index contributed by atoms with van der Waals surface area (Å²) in [5.41, 5.74) is 4.76. The predicted octanol–water partition coefficient (Wildman–Crippen LogP) is 4.48. The number of nitrogens with one attached hydrogen (secondary N) is 4. The van der Waals surface area contributed by atoms with E-state index in [-0.39, 0.29) is 11.3 Å². The van der Waals surface area contributed by atoms with Crippen LogP contribution in [-0.4, -0.2) is 47.8 Å². The molecule has 2 aromatic heterocycles. The summed E-state index contributed by atoms with van der Waals surface area (Å²) in [7, 11) is 3.38. The summed E-state index contributed by atoms with van der Waals surface area (Å²) in [6.07, 6.45) is 7.49. The van der Waals surface area contributed by atoms with E-state index < -0.39 is 0 Å². The van der Waals surface area contributed by atoms with Crippen LogP contribution in [0.15, 0.2) is 54.0 Å². The minimum Gasteiger partial charge on any atom is -0.480 e. The van der Waals surface area contributed by atoms with Gasteiger partial charge in [0.1, 0.15) is 5.82 Å². The van der Waals surface area contributed by atoms with Gasteiger partial charge in [-0.25, -0.2) is 15.0 Å². The van der Waals surface area contributed by atoms with Crippen molar-refractivity contribution in [2.24, 2.45) is 5.41 Å². The molecular formula is C26H31N7O2S. The SMILES string of the molecule is CNc1nc(SC)ncc1CNc1cc(NC(=O)c2cccc(C3=CC(C)(C)CN3)c2)cnc1OC. The molecule has 0 radical (unpaired) electrons. The third kappa shape index (κ3) is 5.88. The van der Waals surface area contributed by atoms with E-state index in [1.165, 1.54) is 11.8 Å². The van der Waals surface area contributed by atoms with Gasteiger partial charge in [-0.05, 0) is 30.0 Å². The number of pyridine rings is 1. The monoisotopic (exact) mass is 505 g/mol. The van der Waals surface area contributed by atoms with Crippen molar-refractivity contribution in [2.75, 3.05) is 42.9 Å². The van der Waals surface area contributed by atoms with E-state index in [2.05, 4.69) is 56.1 Å². The van der Waals surface area contributed by atoms with E-state index >= 15 is 0 Å². The highest BCUT2D eigenvalue weighted by Crippen LogP contribution is 2.30. The van der Waals surface area contributed by atoms with Gasteiger partial charge in [-0.2, -0.15) is 0 Å². The third-order valence-electron chi connectivity index (χ3n) is 5.74. The van der Waals surface area contributed by atoms with Crippen LogP contribution in [0.2, 0.25) is 0 Å². The Hall–Kier alpha value is -3.79. The molecule has 1 amide bonds. The maximum absolute atomic E-state index is 13.0. The zero-order valence-corrected chi connectivity index (χ0v) is 21.9. The van der Waals surface area contributed by atoms with Gasteiger partial charge in [0.25, 0.3) is 5.91 Å². The molecule has 1 aliphatic heterocycles. The Morgan fingerprint density at radius 2 is 2.06 bits per heavy atom. The molecule has 9 nitrogen and oxygen atoms in total. The van der Waals surface area contributed by atoms with E-state index in [4.69, 9.17) is 4.74 Å². The lowest BCUT2D eigenvalue weighted by Gasteiger charge is -2.14. The number of amides is 1.